The Balaban J connectivity index is 1.77. The van der Waals surface area contributed by atoms with Crippen LogP contribution in [0.4, 0.5) is 24.7 Å². The molecule has 10 heteroatoms. The van der Waals surface area contributed by atoms with Gasteiger partial charge in [-0.2, -0.15) is 19.6 Å². The van der Waals surface area contributed by atoms with E-state index >= 15 is 0 Å². The van der Waals surface area contributed by atoms with E-state index in [1.165, 1.54) is 35.1 Å². The Bertz CT molecular complexity index is 1110. The average molecular weight is 406 g/mol. The molecule has 2 heterocycles. The minimum atomic E-state index is -4.75. The van der Waals surface area contributed by atoms with Gasteiger partial charge in [-0.15, -0.1) is 13.2 Å². The minimum Gasteiger partial charge on any atom is -0.406 e. The van der Waals surface area contributed by atoms with Gasteiger partial charge in [0.05, 0.1) is 5.56 Å². The fraction of sp³-hybridized carbons (Fsp3) is 0.0556. The highest BCUT2D eigenvalue weighted by atomic mass is 35.5. The van der Waals surface area contributed by atoms with E-state index in [-0.39, 0.29) is 16.7 Å². The molecule has 0 aliphatic carbocycles. The number of aromatic nitrogens is 4. The van der Waals surface area contributed by atoms with Gasteiger partial charge >= 0.3 is 6.36 Å². The summed E-state index contributed by atoms with van der Waals surface area (Å²) in [5.74, 6) is 0.437. The summed E-state index contributed by atoms with van der Waals surface area (Å²) in [5, 5.41) is 7.50. The normalized spacial score (nSPS) is 11.6. The van der Waals surface area contributed by atoms with Gasteiger partial charge < -0.3 is 10.1 Å². The number of halogens is 4. The van der Waals surface area contributed by atoms with Gasteiger partial charge in [0.1, 0.15) is 23.0 Å². The van der Waals surface area contributed by atoms with Crippen molar-refractivity contribution in [1.82, 2.24) is 19.6 Å². The zero-order valence-electron chi connectivity index (χ0n) is 14.0. The number of rotatable bonds is 4. The second-order valence-electron chi connectivity index (χ2n) is 5.66. The highest BCUT2D eigenvalue weighted by Crippen LogP contribution is 2.35. The molecule has 2 aromatic heterocycles. The average Bonchev–Trinajstić information content (AvgIpc) is 3.11. The molecule has 28 heavy (non-hydrogen) atoms. The lowest BCUT2D eigenvalue weighted by Crippen LogP contribution is -2.17. The third kappa shape index (κ3) is 3.70. The zero-order chi connectivity index (χ0) is 19.7. The van der Waals surface area contributed by atoms with Crippen molar-refractivity contribution in [2.45, 2.75) is 6.36 Å². The first kappa shape index (κ1) is 18.1. The molecule has 2 aromatic carbocycles. The maximum atomic E-state index is 12.3. The van der Waals surface area contributed by atoms with E-state index < -0.39 is 6.36 Å². The lowest BCUT2D eigenvalue weighted by molar-refractivity contribution is -0.274. The van der Waals surface area contributed by atoms with Crippen molar-refractivity contribution in [3.05, 3.63) is 66.1 Å². The predicted octanol–water partition coefficient (Wildman–Crippen LogP) is 5.09. The monoisotopic (exact) mass is 405 g/mol. The summed E-state index contributed by atoms with van der Waals surface area (Å²) in [6, 6.07) is 14.6. The Morgan fingerprint density at radius 2 is 1.71 bits per heavy atom. The molecule has 0 spiro atoms. The molecule has 1 N–H and O–H groups in total. The summed E-state index contributed by atoms with van der Waals surface area (Å²) in [5.41, 5.74) is 1.87. The molecule has 0 aliphatic heterocycles. The molecule has 4 aromatic rings. The fourth-order valence-electron chi connectivity index (χ4n) is 2.67. The summed E-state index contributed by atoms with van der Waals surface area (Å²) in [4.78, 5) is 8.28. The highest BCUT2D eigenvalue weighted by molar-refractivity contribution is 6.33. The van der Waals surface area contributed by atoms with Gasteiger partial charge in [-0.25, -0.2) is 0 Å². The molecule has 0 saturated heterocycles. The molecule has 4 rings (SSSR count). The summed E-state index contributed by atoms with van der Waals surface area (Å²) >= 11 is 6.39. The van der Waals surface area contributed by atoms with E-state index in [1.807, 2.05) is 30.3 Å². The highest BCUT2D eigenvalue weighted by Gasteiger charge is 2.31. The van der Waals surface area contributed by atoms with Crippen LogP contribution in [0.2, 0.25) is 5.15 Å². The molecule has 0 fully saturated rings. The molecular weight excluding hydrogens is 395 g/mol. The Morgan fingerprint density at radius 1 is 1.00 bits per heavy atom. The number of hydrogen-bond donors (Lipinski definition) is 1. The molecule has 0 aliphatic rings. The summed E-state index contributed by atoms with van der Waals surface area (Å²) in [7, 11) is 0. The second-order valence-corrected chi connectivity index (χ2v) is 6.02. The Kier molecular flexibility index (Phi) is 4.52. The van der Waals surface area contributed by atoms with Gasteiger partial charge in [0.25, 0.3) is 5.78 Å². The van der Waals surface area contributed by atoms with Gasteiger partial charge in [-0.3, -0.25) is 0 Å². The summed E-state index contributed by atoms with van der Waals surface area (Å²) in [6.07, 6.45) is -3.42. The number of fused-ring (bicyclic) bond motifs is 1. The van der Waals surface area contributed by atoms with Crippen LogP contribution in [-0.2, 0) is 0 Å². The molecule has 6 nitrogen and oxygen atoms in total. The first-order valence-electron chi connectivity index (χ1n) is 7.98. The zero-order valence-corrected chi connectivity index (χ0v) is 14.7. The number of anilines is 2. The number of nitrogens with zero attached hydrogens (tertiary/aromatic N) is 4. The van der Waals surface area contributed by atoms with Crippen LogP contribution in [0.1, 0.15) is 0 Å². The van der Waals surface area contributed by atoms with Crippen molar-refractivity contribution < 1.29 is 17.9 Å². The minimum absolute atomic E-state index is 0.214. The van der Waals surface area contributed by atoms with Crippen molar-refractivity contribution in [3.8, 4) is 16.9 Å². The Hall–Kier alpha value is -3.33. The molecule has 0 atom stereocenters. The van der Waals surface area contributed by atoms with E-state index in [2.05, 4.69) is 25.1 Å². The van der Waals surface area contributed by atoms with Crippen molar-refractivity contribution in [3.63, 3.8) is 0 Å². The molecule has 142 valence electrons. The number of hydrogen-bond acceptors (Lipinski definition) is 5. The molecular formula is C18H11ClF3N5O. The van der Waals surface area contributed by atoms with E-state index in [0.29, 0.717) is 17.1 Å². The first-order chi connectivity index (χ1) is 13.4. The van der Waals surface area contributed by atoms with E-state index in [0.717, 1.165) is 5.56 Å². The lowest BCUT2D eigenvalue weighted by Gasteiger charge is -2.15. The van der Waals surface area contributed by atoms with E-state index in [4.69, 9.17) is 11.6 Å². The van der Waals surface area contributed by atoms with Crippen LogP contribution in [0.25, 0.3) is 16.9 Å². The smallest absolute Gasteiger partial charge is 0.406 e. The van der Waals surface area contributed by atoms with Crippen LogP contribution < -0.4 is 10.1 Å². The van der Waals surface area contributed by atoms with Gasteiger partial charge in [0.2, 0.25) is 0 Å². The van der Waals surface area contributed by atoms with Crippen LogP contribution in [-0.4, -0.2) is 25.9 Å². The Labute approximate surface area is 161 Å². The number of alkyl halides is 3. The summed E-state index contributed by atoms with van der Waals surface area (Å²) < 4.78 is 42.4. The molecule has 0 bridgehead atoms. The Morgan fingerprint density at radius 3 is 2.39 bits per heavy atom. The van der Waals surface area contributed by atoms with Gasteiger partial charge in [0, 0.05) is 5.69 Å². The third-order valence-electron chi connectivity index (χ3n) is 3.80. The van der Waals surface area contributed by atoms with Crippen LogP contribution in [0, 0.1) is 0 Å². The molecule has 0 saturated carbocycles. The number of nitrogens with one attached hydrogen (secondary N) is 1. The first-order valence-corrected chi connectivity index (χ1v) is 8.36. The van der Waals surface area contributed by atoms with E-state index in [1.54, 1.807) is 0 Å². The van der Waals surface area contributed by atoms with Gasteiger partial charge in [0.15, 0.2) is 0 Å². The van der Waals surface area contributed by atoms with Crippen molar-refractivity contribution in [2.75, 3.05) is 5.32 Å². The largest absolute Gasteiger partial charge is 0.573 e. The van der Waals surface area contributed by atoms with Gasteiger partial charge in [-0.1, -0.05) is 41.9 Å². The topological polar surface area (TPSA) is 64.3 Å². The van der Waals surface area contributed by atoms with Gasteiger partial charge in [-0.05, 0) is 29.8 Å². The van der Waals surface area contributed by atoms with E-state index in [9.17, 15) is 13.2 Å². The molecule has 0 radical (unpaired) electrons. The quantitative estimate of drug-likeness (QED) is 0.479. The SMILES string of the molecule is FC(F)(F)Oc1ccc(Nc2c(-c3ccccc3)c(Cl)nc3ncnn23)cc1. The summed E-state index contributed by atoms with van der Waals surface area (Å²) in [6.45, 7) is 0. The molecule has 0 unspecified atom stereocenters. The predicted molar refractivity (Wildman–Crippen MR) is 97.6 cm³/mol. The second kappa shape index (κ2) is 7.01. The van der Waals surface area contributed by atoms with Crippen LogP contribution in [0.3, 0.4) is 0 Å². The van der Waals surface area contributed by atoms with Crippen LogP contribution in [0.15, 0.2) is 60.9 Å². The fourth-order valence-corrected chi connectivity index (χ4v) is 2.94. The van der Waals surface area contributed by atoms with Crippen LogP contribution >= 0.6 is 11.6 Å². The number of ether oxygens (including phenoxy) is 1. The maximum Gasteiger partial charge on any atom is 0.573 e. The lowest BCUT2D eigenvalue weighted by atomic mass is 10.1. The van der Waals surface area contributed by atoms with Crippen molar-refractivity contribution >= 4 is 28.9 Å². The number of benzene rings is 2. The molecule has 0 amide bonds. The van der Waals surface area contributed by atoms with Crippen LogP contribution in [0.5, 0.6) is 5.75 Å². The van der Waals surface area contributed by atoms with Crippen molar-refractivity contribution in [1.29, 1.82) is 0 Å². The third-order valence-corrected chi connectivity index (χ3v) is 4.07. The standard InChI is InChI=1S/C18H11ClF3N5O/c19-15-14(11-4-2-1-3-5-11)16(27-17(26-15)23-10-24-27)25-12-6-8-13(9-7-12)28-18(20,21)22/h1-10,25H. The van der Waals surface area contributed by atoms with Crippen molar-refractivity contribution in [2.24, 2.45) is 0 Å². The maximum absolute atomic E-state index is 12.3.